The molecule has 124 valence electrons. The largest absolute Gasteiger partial charge is 0.435 e. The quantitative estimate of drug-likeness (QED) is 0.867. The summed E-state index contributed by atoms with van der Waals surface area (Å²) < 4.78 is 38.8. The fourth-order valence-corrected chi connectivity index (χ4v) is 2.26. The number of aromatic nitrogens is 2. The van der Waals surface area contributed by atoms with Crippen molar-refractivity contribution in [2.45, 2.75) is 12.7 Å². The van der Waals surface area contributed by atoms with Gasteiger partial charge in [0.15, 0.2) is 5.69 Å². The molecule has 1 aromatic heterocycles. The minimum atomic E-state index is -4.47. The zero-order valence-corrected chi connectivity index (χ0v) is 12.7. The van der Waals surface area contributed by atoms with Crippen LogP contribution >= 0.6 is 0 Å². The number of amides is 1. The molecule has 0 radical (unpaired) electrons. The number of halogens is 3. The molecule has 0 spiro atoms. The van der Waals surface area contributed by atoms with E-state index in [0.29, 0.717) is 5.69 Å². The smallest absolute Gasteiger partial charge is 0.349 e. The Labute approximate surface area is 126 Å². The Kier molecular flexibility index (Phi) is 5.07. The Morgan fingerprint density at radius 3 is 2.45 bits per heavy atom. The lowest BCUT2D eigenvalue weighted by Gasteiger charge is -2.31. The number of aryl methyl sites for hydroxylation is 1. The maximum Gasteiger partial charge on any atom is 0.435 e. The van der Waals surface area contributed by atoms with Crippen molar-refractivity contribution in [3.05, 3.63) is 17.5 Å². The topological polar surface area (TPSA) is 53.4 Å². The Balaban J connectivity index is 1.82. The number of rotatable bonds is 4. The molecule has 0 aliphatic carbocycles. The highest BCUT2D eigenvalue weighted by Gasteiger charge is 2.34. The third-order valence-corrected chi connectivity index (χ3v) is 3.70. The van der Waals surface area contributed by atoms with Crippen molar-refractivity contribution in [1.29, 1.82) is 0 Å². The third-order valence-electron chi connectivity index (χ3n) is 3.70. The Morgan fingerprint density at radius 1 is 1.27 bits per heavy atom. The van der Waals surface area contributed by atoms with Crippen LogP contribution in [-0.2, 0) is 24.6 Å². The first kappa shape index (κ1) is 16.8. The second-order valence-corrected chi connectivity index (χ2v) is 5.50. The molecule has 0 atom stereocenters. The van der Waals surface area contributed by atoms with Crippen LogP contribution in [0.3, 0.4) is 0 Å². The zero-order chi connectivity index (χ0) is 16.3. The molecule has 1 saturated heterocycles. The van der Waals surface area contributed by atoms with E-state index < -0.39 is 11.9 Å². The monoisotopic (exact) mass is 319 g/mol. The van der Waals surface area contributed by atoms with Crippen LogP contribution in [0, 0.1) is 0 Å². The molecular formula is C13H20F3N5O. The first-order chi connectivity index (χ1) is 10.3. The highest BCUT2D eigenvalue weighted by atomic mass is 19.4. The molecule has 1 fully saturated rings. The number of carbonyl (C=O) groups is 1. The average molecular weight is 319 g/mol. The number of hydrogen-bond acceptors (Lipinski definition) is 4. The van der Waals surface area contributed by atoms with Gasteiger partial charge >= 0.3 is 6.18 Å². The Hall–Kier alpha value is -1.61. The third kappa shape index (κ3) is 4.44. The van der Waals surface area contributed by atoms with Crippen molar-refractivity contribution in [2.75, 3.05) is 39.8 Å². The van der Waals surface area contributed by atoms with E-state index in [9.17, 15) is 18.0 Å². The molecule has 1 aliphatic rings. The molecule has 22 heavy (non-hydrogen) atoms. The van der Waals surface area contributed by atoms with Gasteiger partial charge in [-0.25, -0.2) is 0 Å². The summed E-state index contributed by atoms with van der Waals surface area (Å²) in [6.07, 6.45) is -4.47. The van der Waals surface area contributed by atoms with E-state index in [-0.39, 0.29) is 19.0 Å². The molecule has 0 bridgehead atoms. The lowest BCUT2D eigenvalue weighted by atomic mass is 10.3. The molecular weight excluding hydrogens is 299 g/mol. The summed E-state index contributed by atoms with van der Waals surface area (Å²) >= 11 is 0. The summed E-state index contributed by atoms with van der Waals surface area (Å²) in [6.45, 7) is 3.74. The van der Waals surface area contributed by atoms with Crippen molar-refractivity contribution in [2.24, 2.45) is 7.05 Å². The van der Waals surface area contributed by atoms with Crippen LogP contribution in [0.1, 0.15) is 11.4 Å². The molecule has 0 saturated carbocycles. The van der Waals surface area contributed by atoms with Crippen LogP contribution in [-0.4, -0.2) is 65.3 Å². The van der Waals surface area contributed by atoms with E-state index in [1.165, 1.54) is 7.05 Å². The molecule has 6 nitrogen and oxygen atoms in total. The van der Waals surface area contributed by atoms with E-state index in [0.717, 1.165) is 36.9 Å². The molecule has 0 aromatic carbocycles. The van der Waals surface area contributed by atoms with Gasteiger partial charge in [0.1, 0.15) is 0 Å². The van der Waals surface area contributed by atoms with Gasteiger partial charge in [0.25, 0.3) is 0 Å². The average Bonchev–Trinajstić information content (AvgIpc) is 2.80. The van der Waals surface area contributed by atoms with E-state index in [4.69, 9.17) is 0 Å². The number of carbonyl (C=O) groups excluding carboxylic acids is 1. The minimum absolute atomic E-state index is 0.0339. The number of nitrogens with one attached hydrogen (secondary N) is 1. The number of nitrogens with zero attached hydrogens (tertiary/aromatic N) is 4. The van der Waals surface area contributed by atoms with Crippen LogP contribution in [0.25, 0.3) is 0 Å². The lowest BCUT2D eigenvalue weighted by Crippen LogP contribution is -2.48. The molecule has 1 amide bonds. The van der Waals surface area contributed by atoms with Gasteiger partial charge in [-0.3, -0.25) is 14.4 Å². The molecule has 1 aromatic rings. The number of piperazine rings is 1. The number of likely N-dealkylation sites (N-methyl/N-ethyl adjacent to an activating group) is 1. The number of hydrogen-bond donors (Lipinski definition) is 1. The molecule has 1 N–H and O–H groups in total. The van der Waals surface area contributed by atoms with E-state index in [1.54, 1.807) is 0 Å². The minimum Gasteiger partial charge on any atom is -0.349 e. The van der Waals surface area contributed by atoms with Crippen LogP contribution in [0.2, 0.25) is 0 Å². The van der Waals surface area contributed by atoms with E-state index in [1.807, 2.05) is 11.9 Å². The van der Waals surface area contributed by atoms with E-state index >= 15 is 0 Å². The van der Waals surface area contributed by atoms with Crippen molar-refractivity contribution >= 4 is 5.91 Å². The van der Waals surface area contributed by atoms with Gasteiger partial charge < -0.3 is 10.2 Å². The van der Waals surface area contributed by atoms with Gasteiger partial charge in [-0.05, 0) is 13.1 Å². The summed E-state index contributed by atoms with van der Waals surface area (Å²) in [5.74, 6) is -0.195. The summed E-state index contributed by atoms with van der Waals surface area (Å²) in [7, 11) is 3.45. The van der Waals surface area contributed by atoms with Gasteiger partial charge in [-0.2, -0.15) is 18.3 Å². The second-order valence-electron chi connectivity index (χ2n) is 5.50. The Morgan fingerprint density at radius 2 is 1.91 bits per heavy atom. The van der Waals surface area contributed by atoms with Crippen LogP contribution < -0.4 is 5.32 Å². The van der Waals surface area contributed by atoms with Gasteiger partial charge in [-0.1, -0.05) is 0 Å². The van der Waals surface area contributed by atoms with E-state index in [2.05, 4.69) is 15.3 Å². The van der Waals surface area contributed by atoms with Crippen LogP contribution in [0.5, 0.6) is 0 Å². The Bertz CT molecular complexity index is 520. The zero-order valence-electron chi connectivity index (χ0n) is 12.7. The van der Waals surface area contributed by atoms with Gasteiger partial charge in [0.2, 0.25) is 5.91 Å². The predicted molar refractivity (Wildman–Crippen MR) is 74.0 cm³/mol. The second kappa shape index (κ2) is 6.66. The van der Waals surface area contributed by atoms with Crippen molar-refractivity contribution in [3.63, 3.8) is 0 Å². The fraction of sp³-hybridized carbons (Fsp3) is 0.692. The molecule has 2 heterocycles. The van der Waals surface area contributed by atoms with Gasteiger partial charge in [0.05, 0.1) is 18.8 Å². The van der Waals surface area contributed by atoms with Gasteiger partial charge in [0, 0.05) is 33.2 Å². The van der Waals surface area contributed by atoms with Crippen LogP contribution in [0.15, 0.2) is 6.07 Å². The summed E-state index contributed by atoms with van der Waals surface area (Å²) in [4.78, 5) is 16.1. The van der Waals surface area contributed by atoms with Crippen molar-refractivity contribution in [3.8, 4) is 0 Å². The number of alkyl halides is 3. The normalized spacial score (nSPS) is 17.7. The fourth-order valence-electron chi connectivity index (χ4n) is 2.26. The maximum absolute atomic E-state index is 12.5. The molecule has 9 heteroatoms. The lowest BCUT2D eigenvalue weighted by molar-refractivity contribution is -0.141. The SMILES string of the molecule is CN1CCN(CC(=O)NCc2cc(C(F)(F)F)nn2C)CC1. The summed E-state index contributed by atoms with van der Waals surface area (Å²) in [5.41, 5.74) is -0.627. The van der Waals surface area contributed by atoms with Crippen molar-refractivity contribution < 1.29 is 18.0 Å². The first-order valence-electron chi connectivity index (χ1n) is 7.03. The maximum atomic E-state index is 12.5. The molecule has 2 rings (SSSR count). The highest BCUT2D eigenvalue weighted by Crippen LogP contribution is 2.28. The molecule has 0 unspecified atom stereocenters. The van der Waals surface area contributed by atoms with Crippen LogP contribution in [0.4, 0.5) is 13.2 Å². The standard InChI is InChI=1S/C13H20F3N5O/c1-19-3-5-21(6-4-19)9-12(22)17-8-10-7-11(13(14,15)16)18-20(10)2/h7H,3-6,8-9H2,1-2H3,(H,17,22). The summed E-state index contributed by atoms with van der Waals surface area (Å²) in [5, 5.41) is 6.05. The van der Waals surface area contributed by atoms with Gasteiger partial charge in [-0.15, -0.1) is 0 Å². The first-order valence-corrected chi connectivity index (χ1v) is 7.03. The molecule has 1 aliphatic heterocycles. The predicted octanol–water partition coefficient (Wildman–Crippen LogP) is 0.302. The summed E-state index contributed by atoms with van der Waals surface area (Å²) in [6, 6.07) is 0.954. The highest BCUT2D eigenvalue weighted by molar-refractivity contribution is 5.77. The van der Waals surface area contributed by atoms with Crippen molar-refractivity contribution in [1.82, 2.24) is 24.9 Å².